The Kier molecular flexibility index (Phi) is 9.42. The average Bonchev–Trinajstić information content (AvgIpc) is 3.35. The molecule has 1 aliphatic heterocycles. The summed E-state index contributed by atoms with van der Waals surface area (Å²) < 4.78 is 11.7. The molecule has 2 N–H and O–H groups in total. The van der Waals surface area contributed by atoms with Crippen molar-refractivity contribution in [3.8, 4) is 10.8 Å². The molecule has 162 valence electrons. The first kappa shape index (κ1) is 24.1. The topological polar surface area (TPSA) is 71.7 Å². The molecule has 29 heavy (non-hydrogen) atoms. The highest BCUT2D eigenvalue weighted by Crippen LogP contribution is 2.33. The molecule has 0 bridgehead atoms. The van der Waals surface area contributed by atoms with E-state index in [-0.39, 0.29) is 35.5 Å². The molecule has 0 aliphatic carbocycles. The van der Waals surface area contributed by atoms with E-state index in [4.69, 9.17) is 9.15 Å². The van der Waals surface area contributed by atoms with Crippen molar-refractivity contribution in [1.82, 2.24) is 15.6 Å². The molecule has 0 saturated carbocycles. The first-order chi connectivity index (χ1) is 13.5. The summed E-state index contributed by atoms with van der Waals surface area (Å²) in [4.78, 5) is 10.3. The van der Waals surface area contributed by atoms with Gasteiger partial charge in [0.2, 0.25) is 5.89 Å². The van der Waals surface area contributed by atoms with E-state index in [9.17, 15) is 0 Å². The standard InChI is InChI=1S/C21H32N4O2S.HI/c1-5-22-20(23-12-15-8-6-10-26-18(15)21(2,3)4)24-13-16-14-27-19(25-16)17-9-7-11-28-17;/h7,9,11,14-15,18H,5-6,8,10,12-13H2,1-4H3,(H2,22,23,24);1H. The van der Waals surface area contributed by atoms with Crippen molar-refractivity contribution in [2.75, 3.05) is 19.7 Å². The van der Waals surface area contributed by atoms with Gasteiger partial charge in [0, 0.05) is 25.6 Å². The number of hydrogen-bond donors (Lipinski definition) is 2. The monoisotopic (exact) mass is 532 g/mol. The normalized spacial score (nSPS) is 20.2. The molecule has 0 spiro atoms. The highest BCUT2D eigenvalue weighted by atomic mass is 127. The Morgan fingerprint density at radius 3 is 2.86 bits per heavy atom. The molecule has 3 rings (SSSR count). The zero-order valence-electron chi connectivity index (χ0n) is 17.7. The summed E-state index contributed by atoms with van der Waals surface area (Å²) in [7, 11) is 0. The van der Waals surface area contributed by atoms with Crippen molar-refractivity contribution < 1.29 is 9.15 Å². The number of hydrogen-bond acceptors (Lipinski definition) is 5. The second kappa shape index (κ2) is 11.3. The molecule has 0 amide bonds. The summed E-state index contributed by atoms with van der Waals surface area (Å²) in [6, 6.07) is 4.00. The summed E-state index contributed by atoms with van der Waals surface area (Å²) >= 11 is 1.62. The fraction of sp³-hybridized carbons (Fsp3) is 0.619. The predicted octanol–water partition coefficient (Wildman–Crippen LogP) is 4.92. The third-order valence-electron chi connectivity index (χ3n) is 4.86. The molecular formula is C21H33IN4O2S. The summed E-state index contributed by atoms with van der Waals surface area (Å²) in [6.07, 6.45) is 4.26. The number of aliphatic imine (C=N–C) groups is 1. The number of nitrogens with zero attached hydrogens (tertiary/aromatic N) is 2. The minimum Gasteiger partial charge on any atom is -0.443 e. The molecule has 1 saturated heterocycles. The zero-order chi connectivity index (χ0) is 20.0. The van der Waals surface area contributed by atoms with Gasteiger partial charge in [0.25, 0.3) is 0 Å². The maximum absolute atomic E-state index is 6.09. The predicted molar refractivity (Wildman–Crippen MR) is 130 cm³/mol. The molecule has 0 aromatic carbocycles. The SMILES string of the molecule is CCNC(=NCc1coc(-c2cccs2)n1)NCC1CCCOC1C(C)(C)C.I. The van der Waals surface area contributed by atoms with Crippen LogP contribution in [0.1, 0.15) is 46.2 Å². The first-order valence-corrected chi connectivity index (χ1v) is 11.0. The lowest BCUT2D eigenvalue weighted by atomic mass is 9.78. The molecule has 3 heterocycles. The molecular weight excluding hydrogens is 499 g/mol. The second-order valence-corrected chi connectivity index (χ2v) is 9.20. The molecule has 2 aromatic rings. The zero-order valence-corrected chi connectivity index (χ0v) is 20.9. The number of rotatable bonds is 6. The van der Waals surface area contributed by atoms with E-state index in [1.807, 2.05) is 17.5 Å². The summed E-state index contributed by atoms with van der Waals surface area (Å²) in [5, 5.41) is 8.84. The largest absolute Gasteiger partial charge is 0.443 e. The van der Waals surface area contributed by atoms with Crippen LogP contribution in [0.15, 0.2) is 33.2 Å². The number of nitrogens with one attached hydrogen (secondary N) is 2. The van der Waals surface area contributed by atoms with Gasteiger partial charge >= 0.3 is 0 Å². The van der Waals surface area contributed by atoms with Crippen LogP contribution >= 0.6 is 35.3 Å². The number of thiophene rings is 1. The van der Waals surface area contributed by atoms with Gasteiger partial charge < -0.3 is 19.8 Å². The Morgan fingerprint density at radius 2 is 2.17 bits per heavy atom. The van der Waals surface area contributed by atoms with Gasteiger partial charge in [-0.3, -0.25) is 0 Å². The van der Waals surface area contributed by atoms with Crippen molar-refractivity contribution in [2.45, 2.75) is 53.2 Å². The molecule has 1 fully saturated rings. The van der Waals surface area contributed by atoms with Crippen LogP contribution in [0, 0.1) is 11.3 Å². The van der Waals surface area contributed by atoms with Crippen molar-refractivity contribution in [2.24, 2.45) is 16.3 Å². The molecule has 0 radical (unpaired) electrons. The lowest BCUT2D eigenvalue weighted by Gasteiger charge is -2.40. The van der Waals surface area contributed by atoms with E-state index in [2.05, 4.69) is 48.3 Å². The van der Waals surface area contributed by atoms with E-state index in [1.165, 1.54) is 6.42 Å². The molecule has 6 nitrogen and oxygen atoms in total. The van der Waals surface area contributed by atoms with Crippen molar-refractivity contribution in [3.05, 3.63) is 29.5 Å². The van der Waals surface area contributed by atoms with Crippen LogP contribution in [-0.4, -0.2) is 36.7 Å². The highest BCUT2D eigenvalue weighted by molar-refractivity contribution is 14.0. The fourth-order valence-corrected chi connectivity index (χ4v) is 4.29. The minimum atomic E-state index is 0. The first-order valence-electron chi connectivity index (χ1n) is 10.1. The van der Waals surface area contributed by atoms with E-state index >= 15 is 0 Å². The number of guanidine groups is 1. The highest BCUT2D eigenvalue weighted by Gasteiger charge is 2.35. The molecule has 8 heteroatoms. The second-order valence-electron chi connectivity index (χ2n) is 8.26. The van der Waals surface area contributed by atoms with Crippen LogP contribution < -0.4 is 10.6 Å². The number of ether oxygens (including phenoxy) is 1. The summed E-state index contributed by atoms with van der Waals surface area (Å²) in [6.45, 7) is 11.9. The van der Waals surface area contributed by atoms with Crippen LogP contribution in [-0.2, 0) is 11.3 Å². The van der Waals surface area contributed by atoms with Gasteiger partial charge in [0.15, 0.2) is 5.96 Å². The summed E-state index contributed by atoms with van der Waals surface area (Å²) in [5.41, 5.74) is 0.968. The molecule has 2 aromatic heterocycles. The van der Waals surface area contributed by atoms with E-state index < -0.39 is 0 Å². The Labute approximate surface area is 194 Å². The lowest BCUT2D eigenvalue weighted by molar-refractivity contribution is -0.0835. The Hall–Kier alpha value is -1.13. The van der Waals surface area contributed by atoms with Crippen LogP contribution in [0.25, 0.3) is 10.8 Å². The fourth-order valence-electron chi connectivity index (χ4n) is 3.63. The minimum absolute atomic E-state index is 0. The van der Waals surface area contributed by atoms with E-state index in [0.717, 1.165) is 42.6 Å². The van der Waals surface area contributed by atoms with E-state index in [0.29, 0.717) is 18.4 Å². The number of aromatic nitrogens is 1. The van der Waals surface area contributed by atoms with Gasteiger partial charge in [-0.15, -0.1) is 35.3 Å². The van der Waals surface area contributed by atoms with Crippen LogP contribution in [0.4, 0.5) is 0 Å². The third-order valence-corrected chi connectivity index (χ3v) is 5.72. The number of halogens is 1. The average molecular weight is 532 g/mol. The van der Waals surface area contributed by atoms with Crippen LogP contribution in [0.5, 0.6) is 0 Å². The van der Waals surface area contributed by atoms with E-state index in [1.54, 1.807) is 17.6 Å². The molecule has 2 atom stereocenters. The van der Waals surface area contributed by atoms with Gasteiger partial charge in [-0.25, -0.2) is 9.98 Å². The quantitative estimate of drug-likeness (QED) is 0.314. The van der Waals surface area contributed by atoms with Gasteiger partial charge in [-0.2, -0.15) is 0 Å². The van der Waals surface area contributed by atoms with Gasteiger partial charge in [0.05, 0.1) is 17.5 Å². The van der Waals surface area contributed by atoms with Crippen LogP contribution in [0.3, 0.4) is 0 Å². The van der Waals surface area contributed by atoms with Crippen LogP contribution in [0.2, 0.25) is 0 Å². The van der Waals surface area contributed by atoms with Gasteiger partial charge in [-0.1, -0.05) is 26.8 Å². The smallest absolute Gasteiger partial charge is 0.236 e. The Morgan fingerprint density at radius 1 is 1.34 bits per heavy atom. The summed E-state index contributed by atoms with van der Waals surface area (Å²) in [5.74, 6) is 1.95. The van der Waals surface area contributed by atoms with Gasteiger partial charge in [0.1, 0.15) is 12.0 Å². The van der Waals surface area contributed by atoms with Crippen molar-refractivity contribution in [3.63, 3.8) is 0 Å². The Balaban J connectivity index is 0.00000300. The maximum Gasteiger partial charge on any atom is 0.236 e. The number of oxazole rings is 1. The lowest BCUT2D eigenvalue weighted by Crippen LogP contribution is -2.47. The third kappa shape index (κ3) is 6.96. The molecule has 2 unspecified atom stereocenters. The molecule has 1 aliphatic rings. The maximum atomic E-state index is 6.09. The van der Waals surface area contributed by atoms with Crippen molar-refractivity contribution >= 4 is 41.3 Å². The Bertz CT molecular complexity index is 755. The van der Waals surface area contributed by atoms with Crippen molar-refractivity contribution in [1.29, 1.82) is 0 Å². The van der Waals surface area contributed by atoms with Gasteiger partial charge in [-0.05, 0) is 36.6 Å².